The van der Waals surface area contributed by atoms with Crippen LogP contribution in [-0.4, -0.2) is 9.13 Å². The molecule has 1 aliphatic rings. The average Bonchev–Trinajstić information content (AvgIpc) is 3.67. The van der Waals surface area contributed by atoms with Crippen molar-refractivity contribution in [2.24, 2.45) is 0 Å². The Labute approximate surface area is 261 Å². The van der Waals surface area contributed by atoms with Crippen molar-refractivity contribution in [1.82, 2.24) is 9.13 Å². The predicted octanol–water partition coefficient (Wildman–Crippen LogP) is 11.3. The molecule has 0 unspecified atom stereocenters. The summed E-state index contributed by atoms with van der Waals surface area (Å²) in [6.07, 6.45) is 0. The summed E-state index contributed by atoms with van der Waals surface area (Å²) >= 11 is 0. The number of para-hydroxylation sites is 2. The standard InChI is InChI=1S/C43H30N2/c1-43(2)34-19-8-5-16-29(34)32-26-41-33(25-35(32)43)30-17-6-9-20-37(30)45(41)40-24-12-23-39-42(40)31-18-7-10-21-38(31)44(39)36-22-11-14-27-13-3-4-15-28(27)36/h3-26H,1-2H3. The highest BCUT2D eigenvalue weighted by atomic mass is 15.0. The molecule has 2 heterocycles. The van der Waals surface area contributed by atoms with Crippen LogP contribution in [-0.2, 0) is 5.41 Å². The van der Waals surface area contributed by atoms with E-state index >= 15 is 0 Å². The first kappa shape index (κ1) is 24.8. The third-order valence-electron chi connectivity index (χ3n) is 10.3. The summed E-state index contributed by atoms with van der Waals surface area (Å²) in [6.45, 7) is 4.73. The Morgan fingerprint density at radius 3 is 1.87 bits per heavy atom. The van der Waals surface area contributed by atoms with E-state index in [2.05, 4.69) is 169 Å². The number of benzene rings is 7. The van der Waals surface area contributed by atoms with Crippen LogP contribution in [0.4, 0.5) is 0 Å². The number of hydrogen-bond donors (Lipinski definition) is 0. The number of fused-ring (bicyclic) bond motifs is 10. The second kappa shape index (κ2) is 8.74. The largest absolute Gasteiger partial charge is 0.309 e. The van der Waals surface area contributed by atoms with Gasteiger partial charge in [0.15, 0.2) is 0 Å². The monoisotopic (exact) mass is 574 g/mol. The molecule has 0 spiro atoms. The maximum Gasteiger partial charge on any atom is 0.0562 e. The molecule has 7 aromatic carbocycles. The topological polar surface area (TPSA) is 9.86 Å². The van der Waals surface area contributed by atoms with E-state index in [-0.39, 0.29) is 5.41 Å². The number of nitrogens with zero attached hydrogens (tertiary/aromatic N) is 2. The van der Waals surface area contributed by atoms with Crippen LogP contribution in [0, 0.1) is 0 Å². The lowest BCUT2D eigenvalue weighted by Crippen LogP contribution is -2.14. The van der Waals surface area contributed by atoms with Gasteiger partial charge >= 0.3 is 0 Å². The molecular formula is C43H30N2. The molecule has 2 heteroatoms. The maximum absolute atomic E-state index is 2.51. The molecule has 1 aliphatic carbocycles. The van der Waals surface area contributed by atoms with E-state index in [0.717, 1.165) is 0 Å². The second-order valence-corrected chi connectivity index (χ2v) is 13.0. The minimum atomic E-state index is -0.0464. The van der Waals surface area contributed by atoms with Crippen LogP contribution in [0.2, 0.25) is 0 Å². The molecule has 0 atom stereocenters. The third-order valence-corrected chi connectivity index (χ3v) is 10.3. The highest BCUT2D eigenvalue weighted by molar-refractivity contribution is 6.17. The molecule has 2 aromatic heterocycles. The van der Waals surface area contributed by atoms with Gasteiger partial charge in [0.2, 0.25) is 0 Å². The summed E-state index contributed by atoms with van der Waals surface area (Å²) in [7, 11) is 0. The molecule has 0 saturated carbocycles. The summed E-state index contributed by atoms with van der Waals surface area (Å²) < 4.78 is 4.97. The van der Waals surface area contributed by atoms with E-state index < -0.39 is 0 Å². The van der Waals surface area contributed by atoms with E-state index in [1.807, 2.05) is 0 Å². The first-order valence-corrected chi connectivity index (χ1v) is 15.8. The van der Waals surface area contributed by atoms with Crippen LogP contribution in [0.5, 0.6) is 0 Å². The van der Waals surface area contributed by atoms with Gasteiger partial charge in [-0.15, -0.1) is 0 Å². The quantitative estimate of drug-likeness (QED) is 0.194. The molecule has 0 fully saturated rings. The van der Waals surface area contributed by atoms with Gasteiger partial charge < -0.3 is 9.13 Å². The second-order valence-electron chi connectivity index (χ2n) is 13.0. The van der Waals surface area contributed by atoms with Gasteiger partial charge in [0, 0.05) is 32.3 Å². The lowest BCUT2D eigenvalue weighted by molar-refractivity contribution is 0.661. The normalized spacial score (nSPS) is 13.7. The summed E-state index contributed by atoms with van der Waals surface area (Å²) in [5.41, 5.74) is 12.8. The summed E-state index contributed by atoms with van der Waals surface area (Å²) in [4.78, 5) is 0. The number of hydrogen-bond acceptors (Lipinski definition) is 0. The molecule has 0 radical (unpaired) electrons. The molecule has 9 aromatic rings. The van der Waals surface area contributed by atoms with E-state index in [1.54, 1.807) is 0 Å². The zero-order valence-electron chi connectivity index (χ0n) is 25.3. The summed E-state index contributed by atoms with van der Waals surface area (Å²) in [5, 5.41) is 7.62. The zero-order valence-corrected chi connectivity index (χ0v) is 25.3. The van der Waals surface area contributed by atoms with Crippen molar-refractivity contribution in [3.05, 3.63) is 157 Å². The van der Waals surface area contributed by atoms with Gasteiger partial charge in [-0.3, -0.25) is 0 Å². The van der Waals surface area contributed by atoms with Crippen molar-refractivity contribution in [2.75, 3.05) is 0 Å². The average molecular weight is 575 g/mol. The Bertz CT molecular complexity index is 2680. The van der Waals surface area contributed by atoms with Crippen LogP contribution >= 0.6 is 0 Å². The molecule has 212 valence electrons. The van der Waals surface area contributed by atoms with Gasteiger partial charge in [0.25, 0.3) is 0 Å². The fraction of sp³-hybridized carbons (Fsp3) is 0.0698. The van der Waals surface area contributed by atoms with Crippen LogP contribution in [0.15, 0.2) is 146 Å². The van der Waals surface area contributed by atoms with Crippen molar-refractivity contribution >= 4 is 54.4 Å². The van der Waals surface area contributed by atoms with E-state index in [1.165, 1.54) is 88.0 Å². The zero-order chi connectivity index (χ0) is 29.9. The van der Waals surface area contributed by atoms with Crippen LogP contribution in [0.25, 0.3) is 76.9 Å². The van der Waals surface area contributed by atoms with Gasteiger partial charge in [0.1, 0.15) is 0 Å². The minimum Gasteiger partial charge on any atom is -0.309 e. The lowest BCUT2D eigenvalue weighted by Gasteiger charge is -2.21. The highest BCUT2D eigenvalue weighted by Gasteiger charge is 2.36. The minimum absolute atomic E-state index is 0.0464. The highest BCUT2D eigenvalue weighted by Crippen LogP contribution is 2.51. The molecule has 0 N–H and O–H groups in total. The first-order chi connectivity index (χ1) is 22.1. The molecule has 45 heavy (non-hydrogen) atoms. The third kappa shape index (κ3) is 3.18. The SMILES string of the molecule is CC1(C)c2ccccc2-c2cc3c(cc21)c1ccccc1n3-c1cccc2c1c1ccccc1n2-c1cccc2ccccc12. The van der Waals surface area contributed by atoms with Crippen molar-refractivity contribution in [3.8, 4) is 22.5 Å². The predicted molar refractivity (Wildman–Crippen MR) is 190 cm³/mol. The van der Waals surface area contributed by atoms with E-state index in [4.69, 9.17) is 0 Å². The van der Waals surface area contributed by atoms with Gasteiger partial charge in [-0.05, 0) is 70.1 Å². The van der Waals surface area contributed by atoms with Crippen molar-refractivity contribution < 1.29 is 0 Å². The molecule has 10 rings (SSSR count). The molecule has 0 saturated heterocycles. The fourth-order valence-corrected chi connectivity index (χ4v) is 8.27. The Kier molecular flexibility index (Phi) is 4.82. The smallest absolute Gasteiger partial charge is 0.0562 e. The van der Waals surface area contributed by atoms with Gasteiger partial charge in [-0.1, -0.05) is 117 Å². The van der Waals surface area contributed by atoms with Crippen LogP contribution in [0.1, 0.15) is 25.0 Å². The van der Waals surface area contributed by atoms with Crippen molar-refractivity contribution in [1.29, 1.82) is 0 Å². The number of aromatic nitrogens is 2. The van der Waals surface area contributed by atoms with Gasteiger partial charge in [0.05, 0.1) is 33.4 Å². The van der Waals surface area contributed by atoms with Gasteiger partial charge in [-0.2, -0.15) is 0 Å². The lowest BCUT2D eigenvalue weighted by atomic mass is 9.82. The molecule has 2 nitrogen and oxygen atoms in total. The Morgan fingerprint density at radius 2 is 1.00 bits per heavy atom. The summed E-state index contributed by atoms with van der Waals surface area (Å²) in [5.74, 6) is 0. The maximum atomic E-state index is 2.51. The van der Waals surface area contributed by atoms with Crippen LogP contribution in [0.3, 0.4) is 0 Å². The van der Waals surface area contributed by atoms with Gasteiger partial charge in [-0.25, -0.2) is 0 Å². The van der Waals surface area contributed by atoms with E-state index in [0.29, 0.717) is 0 Å². The van der Waals surface area contributed by atoms with E-state index in [9.17, 15) is 0 Å². The molecule has 0 bridgehead atoms. The van der Waals surface area contributed by atoms with Crippen LogP contribution < -0.4 is 0 Å². The first-order valence-electron chi connectivity index (χ1n) is 15.8. The Hall–Kier alpha value is -5.60. The molecule has 0 amide bonds. The number of rotatable bonds is 2. The fourth-order valence-electron chi connectivity index (χ4n) is 8.27. The Morgan fingerprint density at radius 1 is 0.400 bits per heavy atom. The molecule has 0 aliphatic heterocycles. The van der Waals surface area contributed by atoms with Crippen molar-refractivity contribution in [2.45, 2.75) is 19.3 Å². The van der Waals surface area contributed by atoms with Crippen molar-refractivity contribution in [3.63, 3.8) is 0 Å². The molecular weight excluding hydrogens is 544 g/mol. The summed E-state index contributed by atoms with van der Waals surface area (Å²) in [6, 6.07) is 53.8. The Balaban J connectivity index is 1.36.